The summed E-state index contributed by atoms with van der Waals surface area (Å²) in [6, 6.07) is 7.30. The van der Waals surface area contributed by atoms with Crippen LogP contribution in [0, 0.1) is 5.41 Å². The molecule has 0 saturated carbocycles. The van der Waals surface area contributed by atoms with E-state index < -0.39 is 11.0 Å². The van der Waals surface area contributed by atoms with Crippen molar-refractivity contribution in [1.82, 2.24) is 0 Å². The van der Waals surface area contributed by atoms with Crippen molar-refractivity contribution in [3.63, 3.8) is 0 Å². The Morgan fingerprint density at radius 2 is 1.96 bits per heavy atom. The Morgan fingerprint density at radius 1 is 1.29 bits per heavy atom. The number of ether oxygens (including phenoxy) is 1. The molecule has 1 aliphatic carbocycles. The molecule has 1 aromatic rings. The third-order valence-corrected chi connectivity index (χ3v) is 5.22. The summed E-state index contributed by atoms with van der Waals surface area (Å²) < 4.78 is 5.95. The van der Waals surface area contributed by atoms with Gasteiger partial charge in [0.15, 0.2) is 0 Å². The third kappa shape index (κ3) is 4.19. The predicted octanol–water partition coefficient (Wildman–Crippen LogP) is 5.34. The summed E-state index contributed by atoms with van der Waals surface area (Å²) in [5.41, 5.74) is 0.202. The second-order valence-corrected chi connectivity index (χ2v) is 7.53. The number of benzene rings is 1. The molecule has 0 heterocycles. The Kier molecular flexibility index (Phi) is 5.74. The average Bonchev–Trinajstić information content (AvgIpc) is 3.02. The first-order valence-electron chi connectivity index (χ1n) is 9.02. The number of esters is 1. The Bertz CT molecular complexity index is 586. The maximum absolute atomic E-state index is 12.8. The van der Waals surface area contributed by atoms with E-state index in [1.54, 1.807) is 12.1 Å². The molecule has 132 valence electrons. The van der Waals surface area contributed by atoms with Gasteiger partial charge in [-0.05, 0) is 75.6 Å². The number of hydrogen-bond acceptors (Lipinski definition) is 3. The van der Waals surface area contributed by atoms with Crippen LogP contribution >= 0.6 is 0 Å². The van der Waals surface area contributed by atoms with E-state index in [4.69, 9.17) is 4.74 Å². The van der Waals surface area contributed by atoms with E-state index in [0.29, 0.717) is 0 Å². The van der Waals surface area contributed by atoms with Gasteiger partial charge < -0.3 is 9.84 Å². The van der Waals surface area contributed by atoms with Crippen LogP contribution in [0.25, 0.3) is 0 Å². The lowest BCUT2D eigenvalue weighted by Crippen LogP contribution is -2.37. The molecule has 0 fully saturated rings. The maximum Gasteiger partial charge on any atom is 0.312 e. The van der Waals surface area contributed by atoms with Crippen LogP contribution in [-0.4, -0.2) is 16.7 Å². The fourth-order valence-electron chi connectivity index (χ4n) is 3.43. The summed E-state index contributed by atoms with van der Waals surface area (Å²) in [5.74, 6) is 0.420. The molecule has 0 aromatic heterocycles. The molecule has 2 rings (SSSR count). The number of carbonyl (C=O) groups excluding carboxylic acids is 1. The van der Waals surface area contributed by atoms with Crippen molar-refractivity contribution < 1.29 is 14.6 Å². The van der Waals surface area contributed by atoms with Crippen LogP contribution in [0.15, 0.2) is 36.4 Å². The molecule has 0 radical (unpaired) electrons. The highest BCUT2D eigenvalue weighted by Gasteiger charge is 2.39. The molecule has 1 aromatic carbocycles. The van der Waals surface area contributed by atoms with Gasteiger partial charge in [-0.2, -0.15) is 0 Å². The van der Waals surface area contributed by atoms with Crippen LogP contribution in [0.4, 0.5) is 0 Å². The fourth-order valence-corrected chi connectivity index (χ4v) is 3.43. The molecule has 0 saturated heterocycles. The van der Waals surface area contributed by atoms with Crippen LogP contribution in [0.1, 0.15) is 71.3 Å². The predicted molar refractivity (Wildman–Crippen MR) is 97.0 cm³/mol. The van der Waals surface area contributed by atoms with Crippen LogP contribution in [0.5, 0.6) is 5.75 Å². The van der Waals surface area contributed by atoms with Gasteiger partial charge in [0, 0.05) is 0 Å². The van der Waals surface area contributed by atoms with Gasteiger partial charge >= 0.3 is 5.97 Å². The molecule has 3 nitrogen and oxygen atoms in total. The third-order valence-electron chi connectivity index (χ3n) is 5.22. The van der Waals surface area contributed by atoms with E-state index in [1.807, 2.05) is 26.0 Å². The number of carbonyl (C=O) groups is 1. The van der Waals surface area contributed by atoms with Gasteiger partial charge in [-0.1, -0.05) is 32.1 Å². The van der Waals surface area contributed by atoms with Crippen molar-refractivity contribution in [1.29, 1.82) is 0 Å². The minimum absolute atomic E-state index is 0.117. The quantitative estimate of drug-likeness (QED) is 0.542. The zero-order chi connectivity index (χ0) is 17.8. The summed E-state index contributed by atoms with van der Waals surface area (Å²) >= 11 is 0. The highest BCUT2D eigenvalue weighted by atomic mass is 16.6. The molecule has 0 aliphatic heterocycles. The summed E-state index contributed by atoms with van der Waals surface area (Å²) in [6.45, 7) is 8.15. The van der Waals surface area contributed by atoms with Crippen molar-refractivity contribution in [3.8, 4) is 5.75 Å². The van der Waals surface area contributed by atoms with Crippen LogP contribution < -0.4 is 0 Å². The van der Waals surface area contributed by atoms with Crippen molar-refractivity contribution >= 4 is 5.97 Å². The molecule has 0 spiro atoms. The lowest BCUT2D eigenvalue weighted by atomic mass is 9.78. The van der Waals surface area contributed by atoms with Gasteiger partial charge in [-0.15, -0.1) is 0 Å². The average molecular weight is 330 g/mol. The van der Waals surface area contributed by atoms with Gasteiger partial charge in [0.05, 0.1) is 5.41 Å². The molecule has 24 heavy (non-hydrogen) atoms. The molecule has 0 bridgehead atoms. The number of hydrogen-bond donors (Lipinski definition) is 1. The lowest BCUT2D eigenvalue weighted by molar-refractivity contribution is -0.167. The monoisotopic (exact) mass is 330 g/mol. The molecule has 2 atom stereocenters. The summed E-state index contributed by atoms with van der Waals surface area (Å²) in [4.78, 5) is 12.8. The van der Waals surface area contributed by atoms with Gasteiger partial charge in [-0.3, -0.25) is 4.79 Å². The fraction of sp³-hybridized carbons (Fsp3) is 0.571. The van der Waals surface area contributed by atoms with Crippen LogP contribution in [-0.2, 0) is 9.53 Å². The Morgan fingerprint density at radius 3 is 2.46 bits per heavy atom. The minimum Gasteiger partial charge on any atom is -0.508 e. The first kappa shape index (κ1) is 18.6. The first-order valence-corrected chi connectivity index (χ1v) is 9.02. The number of allylic oxidation sites excluding steroid dienone is 1. The smallest absolute Gasteiger partial charge is 0.312 e. The molecular weight excluding hydrogens is 300 g/mol. The summed E-state index contributed by atoms with van der Waals surface area (Å²) in [6.07, 6.45) is 8.53. The molecule has 2 unspecified atom stereocenters. The van der Waals surface area contributed by atoms with Gasteiger partial charge in [0.25, 0.3) is 0 Å². The van der Waals surface area contributed by atoms with Gasteiger partial charge in [0.1, 0.15) is 11.4 Å². The summed E-state index contributed by atoms with van der Waals surface area (Å²) in [7, 11) is 0. The van der Waals surface area contributed by atoms with Crippen molar-refractivity contribution in [2.75, 3.05) is 0 Å². The zero-order valence-corrected chi connectivity index (χ0v) is 15.3. The second kappa shape index (κ2) is 7.42. The first-order chi connectivity index (χ1) is 11.3. The zero-order valence-electron chi connectivity index (χ0n) is 15.3. The van der Waals surface area contributed by atoms with Crippen molar-refractivity contribution in [3.05, 3.63) is 42.0 Å². The van der Waals surface area contributed by atoms with E-state index in [1.165, 1.54) is 0 Å². The molecule has 1 aliphatic rings. The Labute approximate surface area is 145 Å². The Balaban J connectivity index is 2.09. The minimum atomic E-state index is -0.544. The van der Waals surface area contributed by atoms with Gasteiger partial charge in [0.2, 0.25) is 0 Å². The van der Waals surface area contributed by atoms with E-state index in [2.05, 4.69) is 26.0 Å². The largest absolute Gasteiger partial charge is 0.508 e. The number of rotatable bonds is 7. The normalized spacial score (nSPS) is 21.7. The maximum atomic E-state index is 12.8. The highest BCUT2D eigenvalue weighted by Crippen LogP contribution is 2.38. The molecular formula is C21H30O3. The highest BCUT2D eigenvalue weighted by molar-refractivity contribution is 5.76. The standard InChI is InChI=1S/C21H30O3/c1-5-16(17-9-11-18(22)12-10-17)15-20(3,4)19(23)24-21(6-2)13-7-8-14-21/h7,9-13,16,22H,5-6,8,14-15H2,1-4H3. The molecule has 1 N–H and O–H groups in total. The number of phenols is 1. The van der Waals surface area contributed by atoms with Gasteiger partial charge in [-0.25, -0.2) is 0 Å². The second-order valence-electron chi connectivity index (χ2n) is 7.53. The van der Waals surface area contributed by atoms with Crippen molar-refractivity contribution in [2.45, 2.75) is 71.3 Å². The number of phenolic OH excluding ortho intramolecular Hbond substituents is 1. The van der Waals surface area contributed by atoms with Crippen LogP contribution in [0.3, 0.4) is 0 Å². The topological polar surface area (TPSA) is 46.5 Å². The number of aromatic hydroxyl groups is 1. The van der Waals surface area contributed by atoms with Crippen molar-refractivity contribution in [2.24, 2.45) is 5.41 Å². The van der Waals surface area contributed by atoms with E-state index in [9.17, 15) is 9.90 Å². The summed E-state index contributed by atoms with van der Waals surface area (Å²) in [5, 5.41) is 9.47. The van der Waals surface area contributed by atoms with E-state index in [-0.39, 0.29) is 17.6 Å². The molecule has 3 heteroatoms. The molecule has 0 amide bonds. The van der Waals surface area contributed by atoms with E-state index >= 15 is 0 Å². The van der Waals surface area contributed by atoms with Crippen LogP contribution in [0.2, 0.25) is 0 Å². The lowest BCUT2D eigenvalue weighted by Gasteiger charge is -2.33. The van der Waals surface area contributed by atoms with E-state index in [0.717, 1.165) is 37.7 Å². The SMILES string of the molecule is CCC(CC(C)(C)C(=O)OC1(CC)C=CCC1)c1ccc(O)cc1. The Hall–Kier alpha value is -1.77.